The molecule has 8 nitrogen and oxygen atoms in total. The maximum Gasteiger partial charge on any atom is 0.340 e. The van der Waals surface area contributed by atoms with Crippen molar-refractivity contribution in [3.63, 3.8) is 0 Å². The highest BCUT2D eigenvalue weighted by Gasteiger charge is 2.42. The fourth-order valence-electron chi connectivity index (χ4n) is 4.06. The number of halogens is 4. The Bertz CT molecular complexity index is 1090. The van der Waals surface area contributed by atoms with Gasteiger partial charge < -0.3 is 15.0 Å². The van der Waals surface area contributed by atoms with Crippen LogP contribution in [-0.4, -0.2) is 72.3 Å². The summed E-state index contributed by atoms with van der Waals surface area (Å²) in [6.07, 6.45) is -3.00. The number of hydrogen-bond acceptors (Lipinski definition) is 6. The first-order valence-electron chi connectivity index (χ1n) is 11.4. The van der Waals surface area contributed by atoms with E-state index in [-0.39, 0.29) is 17.0 Å². The van der Waals surface area contributed by atoms with Gasteiger partial charge in [-0.15, -0.1) is 0 Å². The largest absolute Gasteiger partial charge is 0.485 e. The summed E-state index contributed by atoms with van der Waals surface area (Å²) in [5.41, 5.74) is 0.367. The molecule has 0 unspecified atom stereocenters. The van der Waals surface area contributed by atoms with Crippen LogP contribution in [0.25, 0.3) is 0 Å². The lowest BCUT2D eigenvalue weighted by atomic mass is 10.2. The highest BCUT2D eigenvalue weighted by molar-refractivity contribution is 5.58. The van der Waals surface area contributed by atoms with E-state index in [9.17, 15) is 27.2 Å². The van der Waals surface area contributed by atoms with Crippen molar-refractivity contribution in [1.82, 2.24) is 14.0 Å². The Labute approximate surface area is 200 Å². The molecule has 1 aromatic carbocycles. The first kappa shape index (κ1) is 26.6. The molecular formula is C23H31F4N5O3. The second kappa shape index (κ2) is 11.1. The van der Waals surface area contributed by atoms with Crippen molar-refractivity contribution in [2.75, 3.05) is 56.1 Å². The van der Waals surface area contributed by atoms with E-state index in [2.05, 4.69) is 10.2 Å². The van der Waals surface area contributed by atoms with Crippen LogP contribution in [-0.2, 0) is 14.1 Å². The van der Waals surface area contributed by atoms with Crippen molar-refractivity contribution >= 4 is 11.5 Å². The molecule has 0 atom stereocenters. The fourth-order valence-corrected chi connectivity index (χ4v) is 4.06. The van der Waals surface area contributed by atoms with Gasteiger partial charge in [0.05, 0.1) is 11.3 Å². The molecular weight excluding hydrogens is 470 g/mol. The minimum absolute atomic E-state index is 0.153. The van der Waals surface area contributed by atoms with Gasteiger partial charge in [0.1, 0.15) is 11.6 Å². The molecule has 1 saturated heterocycles. The average molecular weight is 502 g/mol. The third-order valence-electron chi connectivity index (χ3n) is 6.15. The number of rotatable bonds is 10. The Morgan fingerprint density at radius 2 is 1.71 bits per heavy atom. The number of alkyl halides is 4. The van der Waals surface area contributed by atoms with E-state index in [1.165, 1.54) is 17.7 Å². The molecule has 0 saturated carbocycles. The van der Waals surface area contributed by atoms with Crippen LogP contribution in [0.2, 0.25) is 0 Å². The fraction of sp³-hybridized carbons (Fsp3) is 0.565. The number of benzene rings is 1. The second-order valence-corrected chi connectivity index (χ2v) is 8.61. The lowest BCUT2D eigenvalue weighted by Crippen LogP contribution is -2.47. The minimum atomic E-state index is -4.21. The molecule has 0 spiro atoms. The van der Waals surface area contributed by atoms with Gasteiger partial charge in [0.2, 0.25) is 0 Å². The number of nitrogens with zero attached hydrogens (tertiary/aromatic N) is 4. The lowest BCUT2D eigenvalue weighted by molar-refractivity contribution is -0.148. The number of hydrogen-bond donors (Lipinski definition) is 1. The Balaban J connectivity index is 1.50. The quantitative estimate of drug-likeness (QED) is 0.398. The molecule has 0 bridgehead atoms. The summed E-state index contributed by atoms with van der Waals surface area (Å²) in [5.74, 6) is -3.55. The SMILES string of the molecule is Cc1c(NCCCN2CCN(c3ccccc3OCC(F)(F)C(F)F)CC2)n(C)c(=O)n(C)c1=O. The Morgan fingerprint density at radius 3 is 2.37 bits per heavy atom. The predicted octanol–water partition coefficient (Wildman–Crippen LogP) is 2.30. The standard InChI is InChI=1S/C23H31F4N5O3/c1-16-19(29(2)22(34)30(3)20(16)33)28-9-6-10-31-11-13-32(14-12-31)17-7-4-5-8-18(17)35-15-23(26,27)21(24)25/h4-5,7-8,21,28H,6,9-15H2,1-3H3. The average Bonchev–Trinajstić information content (AvgIpc) is 2.85. The van der Waals surface area contributed by atoms with E-state index in [1.54, 1.807) is 32.2 Å². The van der Waals surface area contributed by atoms with Gasteiger partial charge in [-0.1, -0.05) is 12.1 Å². The first-order chi connectivity index (χ1) is 16.5. The number of para-hydroxylation sites is 2. The maximum atomic E-state index is 13.3. The third-order valence-corrected chi connectivity index (χ3v) is 6.15. The van der Waals surface area contributed by atoms with Crippen LogP contribution >= 0.6 is 0 Å². The van der Waals surface area contributed by atoms with E-state index < -0.39 is 19.0 Å². The molecule has 0 radical (unpaired) electrons. The Morgan fingerprint density at radius 1 is 1.06 bits per heavy atom. The van der Waals surface area contributed by atoms with Crippen molar-refractivity contribution in [1.29, 1.82) is 0 Å². The molecule has 1 aliphatic rings. The van der Waals surface area contributed by atoms with Crippen LogP contribution in [0, 0.1) is 6.92 Å². The number of piperazine rings is 1. The van der Waals surface area contributed by atoms with Gasteiger partial charge in [-0.3, -0.25) is 18.8 Å². The molecule has 3 rings (SSSR count). The topological polar surface area (TPSA) is 71.7 Å². The maximum absolute atomic E-state index is 13.3. The molecule has 35 heavy (non-hydrogen) atoms. The predicted molar refractivity (Wildman–Crippen MR) is 126 cm³/mol. The summed E-state index contributed by atoms with van der Waals surface area (Å²) in [4.78, 5) is 28.5. The van der Waals surface area contributed by atoms with Gasteiger partial charge in [-0.25, -0.2) is 13.6 Å². The van der Waals surface area contributed by atoms with E-state index >= 15 is 0 Å². The Hall–Kier alpha value is -3.02. The summed E-state index contributed by atoms with van der Waals surface area (Å²) in [6.45, 7) is 4.37. The van der Waals surface area contributed by atoms with Crippen LogP contribution in [0.4, 0.5) is 29.1 Å². The highest BCUT2D eigenvalue weighted by Crippen LogP contribution is 2.31. The molecule has 2 aromatic rings. The number of ether oxygens (including phenoxy) is 1. The van der Waals surface area contributed by atoms with Crippen LogP contribution in [0.5, 0.6) is 5.75 Å². The number of anilines is 2. The summed E-state index contributed by atoms with van der Waals surface area (Å²) in [6, 6.07) is 6.59. The summed E-state index contributed by atoms with van der Waals surface area (Å²) < 4.78 is 59.0. The summed E-state index contributed by atoms with van der Waals surface area (Å²) in [5, 5.41) is 3.19. The molecule has 1 aliphatic heterocycles. The second-order valence-electron chi connectivity index (χ2n) is 8.61. The monoisotopic (exact) mass is 501 g/mol. The van der Waals surface area contributed by atoms with Crippen LogP contribution < -0.4 is 26.2 Å². The molecule has 12 heteroatoms. The van der Waals surface area contributed by atoms with E-state index in [1.807, 2.05) is 4.90 Å². The smallest absolute Gasteiger partial charge is 0.340 e. The molecule has 194 valence electrons. The normalized spacial score (nSPS) is 15.0. The van der Waals surface area contributed by atoms with Gasteiger partial charge in [-0.05, 0) is 32.0 Å². The van der Waals surface area contributed by atoms with Crippen LogP contribution in [0.3, 0.4) is 0 Å². The zero-order chi connectivity index (χ0) is 25.8. The van der Waals surface area contributed by atoms with Gasteiger partial charge in [0.15, 0.2) is 6.61 Å². The molecule has 0 amide bonds. The zero-order valence-corrected chi connectivity index (χ0v) is 20.1. The van der Waals surface area contributed by atoms with Gasteiger partial charge in [0.25, 0.3) is 5.56 Å². The molecule has 1 fully saturated rings. The van der Waals surface area contributed by atoms with E-state index in [0.29, 0.717) is 36.7 Å². The van der Waals surface area contributed by atoms with Gasteiger partial charge in [0, 0.05) is 46.8 Å². The molecule has 0 aliphatic carbocycles. The van der Waals surface area contributed by atoms with Crippen molar-refractivity contribution in [2.24, 2.45) is 14.1 Å². The Kier molecular flexibility index (Phi) is 8.47. The van der Waals surface area contributed by atoms with Crippen LogP contribution in [0.1, 0.15) is 12.0 Å². The first-order valence-corrected chi connectivity index (χ1v) is 11.4. The zero-order valence-electron chi connectivity index (χ0n) is 20.1. The number of aromatic nitrogens is 2. The molecule has 1 aromatic heterocycles. The van der Waals surface area contributed by atoms with Gasteiger partial charge >= 0.3 is 18.0 Å². The van der Waals surface area contributed by atoms with Gasteiger partial charge in [-0.2, -0.15) is 8.78 Å². The van der Waals surface area contributed by atoms with Crippen molar-refractivity contribution in [3.05, 3.63) is 50.7 Å². The summed E-state index contributed by atoms with van der Waals surface area (Å²) in [7, 11) is 3.07. The van der Waals surface area contributed by atoms with Crippen molar-refractivity contribution < 1.29 is 22.3 Å². The highest BCUT2D eigenvalue weighted by atomic mass is 19.3. The lowest BCUT2D eigenvalue weighted by Gasteiger charge is -2.36. The number of nitrogens with one attached hydrogen (secondary N) is 1. The molecule has 2 heterocycles. The summed E-state index contributed by atoms with van der Waals surface area (Å²) >= 11 is 0. The van der Waals surface area contributed by atoms with E-state index in [0.717, 1.165) is 30.6 Å². The van der Waals surface area contributed by atoms with E-state index in [4.69, 9.17) is 4.74 Å². The third kappa shape index (κ3) is 6.16. The van der Waals surface area contributed by atoms with Crippen molar-refractivity contribution in [2.45, 2.75) is 25.7 Å². The minimum Gasteiger partial charge on any atom is -0.485 e. The van der Waals surface area contributed by atoms with Crippen molar-refractivity contribution in [3.8, 4) is 5.75 Å². The van der Waals surface area contributed by atoms with Crippen LogP contribution in [0.15, 0.2) is 33.9 Å². The molecule has 1 N–H and O–H groups in total.